The van der Waals surface area contributed by atoms with E-state index >= 15 is 0 Å². The zero-order valence-electron chi connectivity index (χ0n) is 17.6. The van der Waals surface area contributed by atoms with Crippen molar-refractivity contribution in [2.45, 2.75) is 19.3 Å². The number of fused-ring (bicyclic) bond motifs is 1. The van der Waals surface area contributed by atoms with E-state index in [0.717, 1.165) is 42.9 Å². The Morgan fingerprint density at radius 3 is 2.71 bits per heavy atom. The quantitative estimate of drug-likeness (QED) is 0.462. The number of methoxy groups -OCH3 is 1. The molecule has 1 saturated heterocycles. The van der Waals surface area contributed by atoms with Crippen LogP contribution in [0.15, 0.2) is 36.4 Å². The number of nitrogens with zero attached hydrogens (tertiary/aromatic N) is 4. The number of nitro groups is 1. The number of hydrogen-bond donors (Lipinski definition) is 1. The van der Waals surface area contributed by atoms with Crippen molar-refractivity contribution in [3.63, 3.8) is 0 Å². The van der Waals surface area contributed by atoms with Gasteiger partial charge in [-0.1, -0.05) is 0 Å². The van der Waals surface area contributed by atoms with Crippen LogP contribution in [0.1, 0.15) is 29.0 Å². The molecule has 0 saturated carbocycles. The highest BCUT2D eigenvalue weighted by atomic mass is 16.6. The number of ether oxygens (including phenoxy) is 1. The number of nitro benzene ring substituents is 1. The molecule has 9 heteroatoms. The van der Waals surface area contributed by atoms with Crippen LogP contribution in [0.4, 0.5) is 11.4 Å². The van der Waals surface area contributed by atoms with Crippen molar-refractivity contribution < 1.29 is 14.5 Å². The Labute approximate surface area is 179 Å². The normalized spacial score (nSPS) is 14.1. The monoisotopic (exact) mass is 423 g/mol. The van der Waals surface area contributed by atoms with Gasteiger partial charge in [-0.2, -0.15) is 0 Å². The van der Waals surface area contributed by atoms with E-state index in [2.05, 4.69) is 14.8 Å². The van der Waals surface area contributed by atoms with Crippen molar-refractivity contribution in [1.29, 1.82) is 0 Å². The maximum absolute atomic E-state index is 12.6. The Kier molecular flexibility index (Phi) is 5.85. The molecule has 4 rings (SSSR count). The molecule has 0 radical (unpaired) electrons. The van der Waals surface area contributed by atoms with E-state index in [1.54, 1.807) is 0 Å². The van der Waals surface area contributed by atoms with Crippen LogP contribution in [-0.4, -0.2) is 52.0 Å². The van der Waals surface area contributed by atoms with Gasteiger partial charge in [0.05, 0.1) is 23.1 Å². The van der Waals surface area contributed by atoms with Gasteiger partial charge in [0.1, 0.15) is 5.82 Å². The predicted molar refractivity (Wildman–Crippen MR) is 118 cm³/mol. The molecule has 162 valence electrons. The number of nitrogens with one attached hydrogen (secondary N) is 1. The Morgan fingerprint density at radius 1 is 1.23 bits per heavy atom. The molecular formula is C22H25N5O4. The minimum Gasteiger partial charge on any atom is -0.490 e. The van der Waals surface area contributed by atoms with E-state index in [1.807, 2.05) is 25.2 Å². The van der Waals surface area contributed by atoms with E-state index in [0.29, 0.717) is 5.69 Å². The Morgan fingerprint density at radius 2 is 2.00 bits per heavy atom. The number of anilines is 1. The third-order valence-corrected chi connectivity index (χ3v) is 5.72. The Bertz CT molecular complexity index is 1130. The Hall–Kier alpha value is -3.46. The van der Waals surface area contributed by atoms with Gasteiger partial charge in [-0.15, -0.1) is 0 Å². The number of aromatic nitrogens is 2. The molecule has 31 heavy (non-hydrogen) atoms. The molecule has 2 heterocycles. The topological polar surface area (TPSA) is 103 Å². The summed E-state index contributed by atoms with van der Waals surface area (Å²) in [5.41, 5.74) is 2.31. The fourth-order valence-corrected chi connectivity index (χ4v) is 3.99. The summed E-state index contributed by atoms with van der Waals surface area (Å²) in [6.07, 6.45) is 3.41. The van der Waals surface area contributed by atoms with Crippen LogP contribution >= 0.6 is 0 Å². The Balaban J connectivity index is 1.51. The number of amides is 1. The van der Waals surface area contributed by atoms with E-state index in [4.69, 9.17) is 9.72 Å². The molecule has 3 aromatic rings. The number of hydrogen-bond acceptors (Lipinski definition) is 6. The highest BCUT2D eigenvalue weighted by molar-refractivity contribution is 6.05. The predicted octanol–water partition coefficient (Wildman–Crippen LogP) is 3.38. The maximum Gasteiger partial charge on any atom is 0.311 e. The third-order valence-electron chi connectivity index (χ3n) is 5.72. The van der Waals surface area contributed by atoms with E-state index < -0.39 is 10.8 Å². The zero-order chi connectivity index (χ0) is 22.0. The number of imidazole rings is 1. The first-order valence-electron chi connectivity index (χ1n) is 10.3. The average Bonchev–Trinajstić information content (AvgIpc) is 3.39. The molecule has 2 aromatic carbocycles. The molecule has 1 aromatic heterocycles. The molecule has 0 atom stereocenters. The largest absolute Gasteiger partial charge is 0.490 e. The van der Waals surface area contributed by atoms with Crippen LogP contribution in [0.25, 0.3) is 11.0 Å². The molecule has 1 aliphatic heterocycles. The lowest BCUT2D eigenvalue weighted by molar-refractivity contribution is -0.385. The van der Waals surface area contributed by atoms with Gasteiger partial charge >= 0.3 is 5.69 Å². The molecule has 1 amide bonds. The standard InChI is InChI=1S/C22H25N5O4/c1-25-18-7-6-16(14-17(18)24-21(25)9-12-26-10-3-4-11-26)23-22(28)15-5-8-20(31-2)19(13-15)27(29)30/h5-8,13-14H,3-4,9-12H2,1-2H3,(H,23,28). The number of likely N-dealkylation sites (tertiary alicyclic amines) is 1. The van der Waals surface area contributed by atoms with Crippen LogP contribution in [0.3, 0.4) is 0 Å². The molecule has 0 spiro atoms. The summed E-state index contributed by atoms with van der Waals surface area (Å²) in [4.78, 5) is 30.5. The van der Waals surface area contributed by atoms with E-state index in [9.17, 15) is 14.9 Å². The number of carbonyl (C=O) groups is 1. The number of carbonyl (C=O) groups excluding carboxylic acids is 1. The number of rotatable bonds is 7. The van der Waals surface area contributed by atoms with Crippen LogP contribution in [-0.2, 0) is 13.5 Å². The summed E-state index contributed by atoms with van der Waals surface area (Å²) in [7, 11) is 3.35. The molecule has 1 fully saturated rings. The van der Waals surface area contributed by atoms with Crippen molar-refractivity contribution in [1.82, 2.24) is 14.5 Å². The number of benzene rings is 2. The minimum absolute atomic E-state index is 0.109. The summed E-state index contributed by atoms with van der Waals surface area (Å²) in [6.45, 7) is 3.31. The van der Waals surface area contributed by atoms with Gasteiger partial charge in [0.15, 0.2) is 5.75 Å². The molecular weight excluding hydrogens is 398 g/mol. The van der Waals surface area contributed by atoms with Crippen LogP contribution in [0, 0.1) is 10.1 Å². The van der Waals surface area contributed by atoms with Crippen LogP contribution < -0.4 is 10.1 Å². The highest BCUT2D eigenvalue weighted by Crippen LogP contribution is 2.28. The van der Waals surface area contributed by atoms with Gasteiger partial charge < -0.3 is 19.5 Å². The molecule has 0 unspecified atom stereocenters. The van der Waals surface area contributed by atoms with E-state index in [-0.39, 0.29) is 17.0 Å². The molecule has 0 bridgehead atoms. The molecule has 1 N–H and O–H groups in total. The lowest BCUT2D eigenvalue weighted by atomic mass is 10.1. The smallest absolute Gasteiger partial charge is 0.311 e. The first kappa shape index (κ1) is 20.8. The van der Waals surface area contributed by atoms with Crippen LogP contribution in [0.5, 0.6) is 5.75 Å². The second-order valence-electron chi connectivity index (χ2n) is 7.69. The summed E-state index contributed by atoms with van der Waals surface area (Å²) in [5, 5.41) is 14.0. The lowest BCUT2D eigenvalue weighted by Gasteiger charge is -2.13. The second kappa shape index (κ2) is 8.73. The third kappa shape index (κ3) is 4.36. The summed E-state index contributed by atoms with van der Waals surface area (Å²) < 4.78 is 7.07. The van der Waals surface area contributed by atoms with Gasteiger partial charge in [0, 0.05) is 37.3 Å². The second-order valence-corrected chi connectivity index (χ2v) is 7.69. The van der Waals surface area contributed by atoms with Crippen molar-refractivity contribution in [3.05, 3.63) is 57.9 Å². The molecule has 0 aliphatic carbocycles. The molecule has 9 nitrogen and oxygen atoms in total. The molecule has 1 aliphatic rings. The minimum atomic E-state index is -0.570. The zero-order valence-corrected chi connectivity index (χ0v) is 17.6. The van der Waals surface area contributed by atoms with Gasteiger partial charge in [-0.05, 0) is 56.3 Å². The van der Waals surface area contributed by atoms with E-state index in [1.165, 1.54) is 38.2 Å². The van der Waals surface area contributed by atoms with Crippen molar-refractivity contribution >= 4 is 28.3 Å². The first-order chi connectivity index (χ1) is 15.0. The average molecular weight is 423 g/mol. The SMILES string of the molecule is COc1ccc(C(=O)Nc2ccc3c(c2)nc(CCN2CCCC2)n3C)cc1[N+](=O)[O-]. The van der Waals surface area contributed by atoms with Gasteiger partial charge in [0.25, 0.3) is 5.91 Å². The van der Waals surface area contributed by atoms with Crippen molar-refractivity contribution in [2.24, 2.45) is 7.05 Å². The van der Waals surface area contributed by atoms with Crippen LogP contribution in [0.2, 0.25) is 0 Å². The van der Waals surface area contributed by atoms with Gasteiger partial charge in [-0.25, -0.2) is 4.98 Å². The highest BCUT2D eigenvalue weighted by Gasteiger charge is 2.19. The summed E-state index contributed by atoms with van der Waals surface area (Å²) >= 11 is 0. The summed E-state index contributed by atoms with van der Waals surface area (Å²) in [5.74, 6) is 0.685. The first-order valence-corrected chi connectivity index (χ1v) is 10.3. The fraction of sp³-hybridized carbons (Fsp3) is 0.364. The lowest BCUT2D eigenvalue weighted by Crippen LogP contribution is -2.22. The fourth-order valence-electron chi connectivity index (χ4n) is 3.99. The maximum atomic E-state index is 12.6. The van der Waals surface area contributed by atoms with Gasteiger partial charge in [0.2, 0.25) is 0 Å². The van der Waals surface area contributed by atoms with Crippen molar-refractivity contribution in [2.75, 3.05) is 32.1 Å². The van der Waals surface area contributed by atoms with Gasteiger partial charge in [-0.3, -0.25) is 14.9 Å². The summed E-state index contributed by atoms with van der Waals surface area (Å²) in [6, 6.07) is 9.69. The van der Waals surface area contributed by atoms with Crippen molar-refractivity contribution in [3.8, 4) is 5.75 Å². The number of aryl methyl sites for hydroxylation is 1.